The molecule has 5 rings (SSSR count). The number of ether oxygens (including phenoxy) is 3. The van der Waals surface area contributed by atoms with E-state index < -0.39 is 11.9 Å². The highest BCUT2D eigenvalue weighted by Gasteiger charge is 2.50. The van der Waals surface area contributed by atoms with Crippen LogP contribution in [0.15, 0.2) is 47.0 Å². The maximum absolute atomic E-state index is 12.7. The van der Waals surface area contributed by atoms with E-state index in [2.05, 4.69) is 21.5 Å². The van der Waals surface area contributed by atoms with E-state index in [1.807, 2.05) is 4.90 Å². The summed E-state index contributed by atoms with van der Waals surface area (Å²) < 4.78 is 20.9. The lowest BCUT2D eigenvalue weighted by Gasteiger charge is -2.54. The van der Waals surface area contributed by atoms with Crippen LogP contribution in [0.3, 0.4) is 0 Å². The maximum atomic E-state index is 12.7. The summed E-state index contributed by atoms with van der Waals surface area (Å²) in [6.07, 6.45) is 0.248. The van der Waals surface area contributed by atoms with Gasteiger partial charge in [0, 0.05) is 30.6 Å². The van der Waals surface area contributed by atoms with Gasteiger partial charge in [-0.3, -0.25) is 9.59 Å². The standard InChI is InChI=1S/C26H25N5O6/c1-34-20-8-7-18(10-21(20)35-2)22-29-24(37-30-22)23(32)28-19(11-27)9-16-3-5-17(6-4-16)25(33)31-12-26(13-31)14-36-15-26/h3-8,10,19H,9,12-15H2,1-2H3,(H,28,32). The molecule has 2 aliphatic heterocycles. The molecule has 3 aromatic rings. The second-order valence-corrected chi connectivity index (χ2v) is 9.20. The van der Waals surface area contributed by atoms with Crippen molar-refractivity contribution in [1.82, 2.24) is 20.4 Å². The number of nitrogens with zero attached hydrogens (tertiary/aromatic N) is 4. The average Bonchev–Trinajstić information content (AvgIpc) is 3.37. The molecule has 1 aromatic heterocycles. The molecule has 37 heavy (non-hydrogen) atoms. The second kappa shape index (κ2) is 9.91. The van der Waals surface area contributed by atoms with Crippen LogP contribution in [-0.2, 0) is 11.2 Å². The van der Waals surface area contributed by atoms with Crippen LogP contribution < -0.4 is 14.8 Å². The van der Waals surface area contributed by atoms with E-state index >= 15 is 0 Å². The number of carbonyl (C=O) groups is 2. The van der Waals surface area contributed by atoms with Gasteiger partial charge >= 0.3 is 11.8 Å². The van der Waals surface area contributed by atoms with E-state index in [4.69, 9.17) is 18.7 Å². The molecule has 11 nitrogen and oxygen atoms in total. The largest absolute Gasteiger partial charge is 0.493 e. The molecule has 2 aromatic carbocycles. The Bertz CT molecular complexity index is 1350. The van der Waals surface area contributed by atoms with Crippen molar-refractivity contribution >= 4 is 11.8 Å². The van der Waals surface area contributed by atoms with Crippen molar-refractivity contribution in [1.29, 1.82) is 5.26 Å². The quantitative estimate of drug-likeness (QED) is 0.489. The van der Waals surface area contributed by atoms with Crippen molar-refractivity contribution in [2.45, 2.75) is 12.5 Å². The van der Waals surface area contributed by atoms with Gasteiger partial charge in [-0.15, -0.1) is 0 Å². The molecule has 1 spiro atoms. The summed E-state index contributed by atoms with van der Waals surface area (Å²) in [7, 11) is 3.04. The van der Waals surface area contributed by atoms with Crippen LogP contribution in [-0.4, -0.2) is 73.4 Å². The van der Waals surface area contributed by atoms with Crippen molar-refractivity contribution < 1.29 is 28.3 Å². The lowest BCUT2D eigenvalue weighted by atomic mass is 9.78. The van der Waals surface area contributed by atoms with Gasteiger partial charge < -0.3 is 29.0 Å². The number of nitriles is 1. The lowest BCUT2D eigenvalue weighted by molar-refractivity contribution is -0.176. The monoisotopic (exact) mass is 503 g/mol. The van der Waals surface area contributed by atoms with Crippen LogP contribution in [0.5, 0.6) is 11.5 Å². The smallest absolute Gasteiger partial charge is 0.316 e. The molecule has 2 saturated heterocycles. The Hall–Kier alpha value is -4.43. The van der Waals surface area contributed by atoms with E-state index in [0.717, 1.165) is 31.9 Å². The first-order valence-electron chi connectivity index (χ1n) is 11.7. The lowest BCUT2D eigenvalue weighted by Crippen LogP contribution is -2.67. The normalized spacial score (nSPS) is 16.2. The molecule has 1 unspecified atom stereocenters. The highest BCUT2D eigenvalue weighted by molar-refractivity contribution is 5.95. The molecule has 11 heteroatoms. The van der Waals surface area contributed by atoms with E-state index in [1.54, 1.807) is 42.5 Å². The Morgan fingerprint density at radius 2 is 1.86 bits per heavy atom. The molecular formula is C26H25N5O6. The van der Waals surface area contributed by atoms with Gasteiger partial charge in [0.1, 0.15) is 6.04 Å². The second-order valence-electron chi connectivity index (χ2n) is 9.20. The number of aromatic nitrogens is 2. The van der Waals surface area contributed by atoms with Crippen molar-refractivity contribution in [2.75, 3.05) is 40.5 Å². The van der Waals surface area contributed by atoms with Crippen LogP contribution in [0.2, 0.25) is 0 Å². The summed E-state index contributed by atoms with van der Waals surface area (Å²) in [5.74, 6) is 0.266. The van der Waals surface area contributed by atoms with E-state index in [0.29, 0.717) is 22.6 Å². The molecule has 1 atom stereocenters. The van der Waals surface area contributed by atoms with Gasteiger partial charge in [-0.1, -0.05) is 17.3 Å². The SMILES string of the molecule is COc1ccc(-c2noc(C(=O)NC(C#N)Cc3ccc(C(=O)N4CC5(COC5)C4)cc3)n2)cc1OC. The Morgan fingerprint density at radius 3 is 2.49 bits per heavy atom. The number of hydrogen-bond acceptors (Lipinski definition) is 9. The van der Waals surface area contributed by atoms with Gasteiger partial charge in [-0.2, -0.15) is 10.2 Å². The van der Waals surface area contributed by atoms with Crippen LogP contribution in [0.1, 0.15) is 26.6 Å². The van der Waals surface area contributed by atoms with Crippen molar-refractivity contribution in [2.24, 2.45) is 5.41 Å². The van der Waals surface area contributed by atoms with Crippen molar-refractivity contribution in [3.8, 4) is 29.0 Å². The van der Waals surface area contributed by atoms with Crippen molar-refractivity contribution in [3.05, 3.63) is 59.5 Å². The Balaban J connectivity index is 1.18. The molecule has 2 amide bonds. The fourth-order valence-electron chi connectivity index (χ4n) is 4.44. The fraction of sp³-hybridized carbons (Fsp3) is 0.346. The molecule has 2 fully saturated rings. The summed E-state index contributed by atoms with van der Waals surface area (Å²) >= 11 is 0. The third kappa shape index (κ3) is 4.83. The number of methoxy groups -OCH3 is 2. The van der Waals surface area contributed by atoms with Crippen LogP contribution in [0.25, 0.3) is 11.4 Å². The topological polar surface area (TPSA) is 140 Å². The number of carbonyl (C=O) groups excluding carboxylic acids is 2. The van der Waals surface area contributed by atoms with Gasteiger partial charge in [0.05, 0.1) is 38.9 Å². The predicted molar refractivity (Wildman–Crippen MR) is 129 cm³/mol. The van der Waals surface area contributed by atoms with Gasteiger partial charge in [-0.25, -0.2) is 0 Å². The minimum atomic E-state index is -0.834. The number of hydrogen-bond donors (Lipinski definition) is 1. The summed E-state index contributed by atoms with van der Waals surface area (Å²) in [5, 5.41) is 16.0. The summed E-state index contributed by atoms with van der Waals surface area (Å²) in [6.45, 7) is 2.88. The molecule has 3 heterocycles. The fourth-order valence-corrected chi connectivity index (χ4v) is 4.44. The first-order valence-corrected chi connectivity index (χ1v) is 11.7. The van der Waals surface area contributed by atoms with Crippen LogP contribution in [0.4, 0.5) is 0 Å². The van der Waals surface area contributed by atoms with Crippen LogP contribution in [0, 0.1) is 16.7 Å². The molecule has 0 radical (unpaired) electrons. The van der Waals surface area contributed by atoms with E-state index in [-0.39, 0.29) is 29.5 Å². The van der Waals surface area contributed by atoms with E-state index in [9.17, 15) is 14.9 Å². The van der Waals surface area contributed by atoms with Gasteiger partial charge in [0.2, 0.25) is 5.82 Å². The average molecular weight is 504 g/mol. The molecule has 0 aliphatic carbocycles. The third-order valence-electron chi connectivity index (χ3n) is 6.52. The number of benzene rings is 2. The number of likely N-dealkylation sites (tertiary alicyclic amines) is 1. The predicted octanol–water partition coefficient (Wildman–Crippen LogP) is 2.09. The Labute approximate surface area is 212 Å². The molecule has 190 valence electrons. The third-order valence-corrected chi connectivity index (χ3v) is 6.52. The Kier molecular flexibility index (Phi) is 6.50. The maximum Gasteiger partial charge on any atom is 0.316 e. The summed E-state index contributed by atoms with van der Waals surface area (Å²) in [4.78, 5) is 31.3. The molecule has 0 saturated carbocycles. The Morgan fingerprint density at radius 1 is 1.14 bits per heavy atom. The van der Waals surface area contributed by atoms with Crippen LogP contribution >= 0.6 is 0 Å². The zero-order chi connectivity index (χ0) is 26.0. The first kappa shape index (κ1) is 24.3. The number of amides is 2. The molecule has 0 bridgehead atoms. The van der Waals surface area contributed by atoms with Gasteiger partial charge in [0.15, 0.2) is 11.5 Å². The highest BCUT2D eigenvalue weighted by Crippen LogP contribution is 2.38. The minimum absolute atomic E-state index is 0.0177. The zero-order valence-corrected chi connectivity index (χ0v) is 20.4. The first-order chi connectivity index (χ1) is 17.9. The number of rotatable bonds is 8. The van der Waals surface area contributed by atoms with Crippen molar-refractivity contribution in [3.63, 3.8) is 0 Å². The number of nitrogens with one attached hydrogen (secondary N) is 1. The minimum Gasteiger partial charge on any atom is -0.493 e. The highest BCUT2D eigenvalue weighted by atomic mass is 16.5. The zero-order valence-electron chi connectivity index (χ0n) is 20.4. The van der Waals surface area contributed by atoms with Gasteiger partial charge in [0.25, 0.3) is 5.91 Å². The summed E-state index contributed by atoms with van der Waals surface area (Å²) in [5.41, 5.74) is 2.12. The molecular weight excluding hydrogens is 478 g/mol. The molecule has 1 N–H and O–H groups in total. The van der Waals surface area contributed by atoms with E-state index in [1.165, 1.54) is 14.2 Å². The van der Waals surface area contributed by atoms with Gasteiger partial charge in [-0.05, 0) is 35.9 Å². The summed E-state index contributed by atoms with van der Waals surface area (Å²) in [6, 6.07) is 13.4. The molecule has 2 aliphatic rings.